The Hall–Kier alpha value is -1.06. The molecule has 0 unspecified atom stereocenters. The molecular formula is C8H11NO7. The lowest BCUT2D eigenvalue weighted by molar-refractivity contribution is -0.216. The minimum atomic E-state index is -1.82. The van der Waals surface area contributed by atoms with Crippen LogP contribution in [0.15, 0.2) is 0 Å². The lowest BCUT2D eigenvalue weighted by atomic mass is 9.92. The van der Waals surface area contributed by atoms with Crippen molar-refractivity contribution in [1.29, 1.82) is 0 Å². The summed E-state index contributed by atoms with van der Waals surface area (Å²) in [6, 6.07) is -1.42. The zero-order valence-corrected chi connectivity index (χ0v) is 7.96. The normalized spacial score (nSPS) is 48.4. The van der Waals surface area contributed by atoms with Crippen molar-refractivity contribution < 1.29 is 35.1 Å². The first-order valence-corrected chi connectivity index (χ1v) is 4.64. The number of carbonyl (C=O) groups excluding carboxylic acids is 2. The monoisotopic (exact) mass is 233 g/mol. The lowest BCUT2D eigenvalue weighted by Gasteiger charge is -2.43. The summed E-state index contributed by atoms with van der Waals surface area (Å²) in [5.74, 6) is -2.36. The topological polar surface area (TPSA) is 139 Å². The van der Waals surface area contributed by atoms with Crippen LogP contribution >= 0.6 is 0 Å². The van der Waals surface area contributed by atoms with Crippen molar-refractivity contribution in [1.82, 2.24) is 4.90 Å². The number of ketones is 1. The molecule has 0 saturated carbocycles. The van der Waals surface area contributed by atoms with Crippen molar-refractivity contribution in [3.05, 3.63) is 0 Å². The van der Waals surface area contributed by atoms with Crippen molar-refractivity contribution in [2.75, 3.05) is 0 Å². The van der Waals surface area contributed by atoms with Crippen molar-refractivity contribution >= 4 is 11.7 Å². The van der Waals surface area contributed by atoms with Gasteiger partial charge in [0.1, 0.15) is 24.4 Å². The fraction of sp³-hybridized carbons (Fsp3) is 0.750. The van der Waals surface area contributed by atoms with Crippen LogP contribution in [-0.4, -0.2) is 78.8 Å². The number of amides is 1. The van der Waals surface area contributed by atoms with Gasteiger partial charge in [-0.1, -0.05) is 0 Å². The standard InChI is InChI=1S/C8H11NO7/c10-2-1-3(11)5(13)7(15)9(1)8(16)6(14)4(2)12/h1-4,6,8,10-12,14,16H/t1-,2+,3-,4+,6-,8+/m0/s1. The van der Waals surface area contributed by atoms with E-state index in [1.54, 1.807) is 0 Å². The molecule has 2 aliphatic heterocycles. The Balaban J connectivity index is 2.40. The van der Waals surface area contributed by atoms with Crippen LogP contribution in [-0.2, 0) is 9.59 Å². The third-order valence-electron chi connectivity index (χ3n) is 3.00. The maximum absolute atomic E-state index is 11.3. The lowest BCUT2D eigenvalue weighted by Crippen LogP contribution is -2.66. The quantitative estimate of drug-likeness (QED) is 0.266. The first kappa shape index (κ1) is 11.4. The fourth-order valence-electron chi connectivity index (χ4n) is 2.09. The molecule has 8 heteroatoms. The van der Waals surface area contributed by atoms with Gasteiger partial charge in [-0.2, -0.15) is 0 Å². The van der Waals surface area contributed by atoms with Gasteiger partial charge in [-0.25, -0.2) is 0 Å². The van der Waals surface area contributed by atoms with Crippen LogP contribution in [0.2, 0.25) is 0 Å². The molecule has 2 saturated heterocycles. The van der Waals surface area contributed by atoms with Crippen molar-refractivity contribution in [2.45, 2.75) is 36.7 Å². The Morgan fingerprint density at radius 2 is 1.44 bits per heavy atom. The van der Waals surface area contributed by atoms with Crippen LogP contribution in [0.5, 0.6) is 0 Å². The summed E-state index contributed by atoms with van der Waals surface area (Å²) in [4.78, 5) is 23.0. The van der Waals surface area contributed by atoms with Gasteiger partial charge in [0.15, 0.2) is 6.23 Å². The molecule has 2 rings (SSSR count). The third-order valence-corrected chi connectivity index (χ3v) is 3.00. The molecule has 1 amide bonds. The maximum Gasteiger partial charge on any atom is 0.295 e. The minimum Gasteiger partial charge on any atom is -0.388 e. The van der Waals surface area contributed by atoms with Gasteiger partial charge in [0, 0.05) is 0 Å². The van der Waals surface area contributed by atoms with Gasteiger partial charge in [0.25, 0.3) is 11.7 Å². The van der Waals surface area contributed by atoms with Crippen LogP contribution in [0.1, 0.15) is 0 Å². The van der Waals surface area contributed by atoms with Gasteiger partial charge < -0.3 is 25.5 Å². The highest BCUT2D eigenvalue weighted by Crippen LogP contribution is 2.30. The first-order chi connectivity index (χ1) is 7.37. The summed E-state index contributed by atoms with van der Waals surface area (Å²) in [5, 5.41) is 47.0. The second-order valence-electron chi connectivity index (χ2n) is 3.90. The Labute approximate surface area is 89.3 Å². The SMILES string of the molecule is O=C1C(=O)N2[C@@H]([C@@H](O)[C@@H](O)[C@H](O)[C@H]2O)[C@@H]1O. The van der Waals surface area contributed by atoms with E-state index in [9.17, 15) is 35.1 Å². The minimum absolute atomic E-state index is 0.495. The number of rotatable bonds is 0. The molecule has 8 nitrogen and oxygen atoms in total. The van der Waals surface area contributed by atoms with E-state index in [4.69, 9.17) is 0 Å². The molecule has 2 heterocycles. The largest absolute Gasteiger partial charge is 0.388 e. The summed E-state index contributed by atoms with van der Waals surface area (Å²) < 4.78 is 0. The van der Waals surface area contributed by atoms with E-state index in [0.717, 1.165) is 0 Å². The van der Waals surface area contributed by atoms with E-state index in [2.05, 4.69) is 0 Å². The van der Waals surface area contributed by atoms with E-state index in [1.807, 2.05) is 0 Å². The highest BCUT2D eigenvalue weighted by molar-refractivity contribution is 6.40. The zero-order valence-electron chi connectivity index (χ0n) is 7.96. The third kappa shape index (κ3) is 1.22. The molecule has 6 atom stereocenters. The smallest absolute Gasteiger partial charge is 0.295 e. The van der Waals surface area contributed by atoms with E-state index >= 15 is 0 Å². The molecule has 5 N–H and O–H groups in total. The molecule has 0 bridgehead atoms. The van der Waals surface area contributed by atoms with Gasteiger partial charge in [-0.05, 0) is 0 Å². The van der Waals surface area contributed by atoms with E-state index in [0.29, 0.717) is 4.90 Å². The number of fused-ring (bicyclic) bond motifs is 1. The van der Waals surface area contributed by atoms with Gasteiger partial charge in [0.2, 0.25) is 0 Å². The predicted octanol–water partition coefficient (Wildman–Crippen LogP) is -4.46. The molecule has 16 heavy (non-hydrogen) atoms. The number of aliphatic hydroxyl groups excluding tert-OH is 5. The first-order valence-electron chi connectivity index (χ1n) is 4.64. The molecule has 0 spiro atoms. The molecule has 0 aromatic heterocycles. The fourth-order valence-corrected chi connectivity index (χ4v) is 2.09. The molecule has 2 fully saturated rings. The Morgan fingerprint density at radius 1 is 0.875 bits per heavy atom. The second kappa shape index (κ2) is 3.47. The molecule has 0 radical (unpaired) electrons. The van der Waals surface area contributed by atoms with Crippen molar-refractivity contribution in [2.24, 2.45) is 0 Å². The van der Waals surface area contributed by atoms with Crippen molar-refractivity contribution in [3.8, 4) is 0 Å². The summed E-state index contributed by atoms with van der Waals surface area (Å²) in [7, 11) is 0. The van der Waals surface area contributed by atoms with E-state index < -0.39 is 48.4 Å². The highest BCUT2D eigenvalue weighted by Gasteiger charge is 2.59. The predicted molar refractivity (Wildman–Crippen MR) is 45.7 cm³/mol. The number of nitrogens with zero attached hydrogens (tertiary/aromatic N) is 1. The van der Waals surface area contributed by atoms with Gasteiger partial charge >= 0.3 is 0 Å². The Kier molecular flexibility index (Phi) is 2.48. The molecule has 90 valence electrons. The molecule has 2 aliphatic rings. The Morgan fingerprint density at radius 3 is 2.00 bits per heavy atom. The average molecular weight is 233 g/mol. The molecule has 0 aliphatic carbocycles. The summed E-state index contributed by atoms with van der Waals surface area (Å²) >= 11 is 0. The molecule has 0 aromatic carbocycles. The van der Waals surface area contributed by atoms with Crippen LogP contribution in [0, 0.1) is 0 Å². The van der Waals surface area contributed by atoms with Gasteiger partial charge in [-0.3, -0.25) is 14.5 Å². The molecular weight excluding hydrogens is 222 g/mol. The zero-order chi connectivity index (χ0) is 12.2. The number of hydrogen-bond acceptors (Lipinski definition) is 7. The van der Waals surface area contributed by atoms with Gasteiger partial charge in [-0.15, -0.1) is 0 Å². The number of aliphatic hydroxyl groups is 5. The molecule has 0 aromatic rings. The summed E-state index contributed by atoms with van der Waals surface area (Å²) in [6.45, 7) is 0. The van der Waals surface area contributed by atoms with Crippen LogP contribution in [0.4, 0.5) is 0 Å². The summed E-state index contributed by atoms with van der Waals surface area (Å²) in [6.07, 6.45) is -8.84. The highest BCUT2D eigenvalue weighted by atomic mass is 16.4. The Bertz CT molecular complexity index is 345. The number of carbonyl (C=O) groups is 2. The average Bonchev–Trinajstić information content (AvgIpc) is 2.48. The summed E-state index contributed by atoms with van der Waals surface area (Å²) in [5.41, 5.74) is 0. The van der Waals surface area contributed by atoms with Gasteiger partial charge in [0.05, 0.1) is 6.04 Å². The van der Waals surface area contributed by atoms with Crippen LogP contribution in [0.3, 0.4) is 0 Å². The van der Waals surface area contributed by atoms with E-state index in [-0.39, 0.29) is 0 Å². The van der Waals surface area contributed by atoms with E-state index in [1.165, 1.54) is 0 Å². The van der Waals surface area contributed by atoms with Crippen LogP contribution in [0.25, 0.3) is 0 Å². The second-order valence-corrected chi connectivity index (χ2v) is 3.90. The van der Waals surface area contributed by atoms with Crippen LogP contribution < -0.4 is 0 Å². The number of hydrogen-bond donors (Lipinski definition) is 5. The maximum atomic E-state index is 11.3. The number of piperidine rings is 1. The number of Topliss-reactive ketones (excluding diaryl/α,β-unsaturated/α-hetero) is 1. The van der Waals surface area contributed by atoms with Crippen molar-refractivity contribution in [3.63, 3.8) is 0 Å².